The SMILES string of the molecule is CC(C)CNC(=O)[C@H](C)N(Cc1ccc(Cl)cc1)C(=O)Cc1ccccc1. The molecule has 0 unspecified atom stereocenters. The molecular weight excluding hydrogens is 360 g/mol. The van der Waals surface area contributed by atoms with Crippen LogP contribution in [0, 0.1) is 5.92 Å². The summed E-state index contributed by atoms with van der Waals surface area (Å²) < 4.78 is 0. The van der Waals surface area contributed by atoms with Gasteiger partial charge in [-0.3, -0.25) is 9.59 Å². The summed E-state index contributed by atoms with van der Waals surface area (Å²) in [6.07, 6.45) is 0.260. The lowest BCUT2D eigenvalue weighted by molar-refractivity contribution is -0.140. The molecule has 5 heteroatoms. The number of amides is 2. The predicted molar refractivity (Wildman–Crippen MR) is 109 cm³/mol. The molecule has 0 saturated heterocycles. The van der Waals surface area contributed by atoms with E-state index in [1.807, 2.05) is 56.3 Å². The summed E-state index contributed by atoms with van der Waals surface area (Å²) >= 11 is 5.96. The van der Waals surface area contributed by atoms with Crippen molar-refractivity contribution in [2.75, 3.05) is 6.54 Å². The molecule has 27 heavy (non-hydrogen) atoms. The molecule has 0 bridgehead atoms. The Kier molecular flexibility index (Phi) is 7.86. The van der Waals surface area contributed by atoms with Crippen molar-refractivity contribution >= 4 is 23.4 Å². The van der Waals surface area contributed by atoms with Gasteiger partial charge in [0, 0.05) is 18.1 Å². The third kappa shape index (κ3) is 6.72. The summed E-state index contributed by atoms with van der Waals surface area (Å²) in [4.78, 5) is 27.2. The zero-order chi connectivity index (χ0) is 19.8. The van der Waals surface area contributed by atoms with Crippen molar-refractivity contribution in [3.63, 3.8) is 0 Å². The largest absolute Gasteiger partial charge is 0.354 e. The van der Waals surface area contributed by atoms with E-state index in [0.29, 0.717) is 24.0 Å². The second-order valence-corrected chi connectivity index (χ2v) is 7.56. The number of nitrogens with one attached hydrogen (secondary N) is 1. The number of rotatable bonds is 8. The number of nitrogens with zero attached hydrogens (tertiary/aromatic N) is 1. The van der Waals surface area contributed by atoms with Crippen molar-refractivity contribution in [2.45, 2.75) is 39.8 Å². The smallest absolute Gasteiger partial charge is 0.242 e. The molecule has 2 aromatic carbocycles. The Morgan fingerprint density at radius 1 is 0.963 bits per heavy atom. The van der Waals surface area contributed by atoms with E-state index >= 15 is 0 Å². The normalized spacial score (nSPS) is 11.9. The molecule has 1 N–H and O–H groups in total. The minimum atomic E-state index is -0.560. The fourth-order valence-corrected chi connectivity index (χ4v) is 2.82. The fourth-order valence-electron chi connectivity index (χ4n) is 2.69. The van der Waals surface area contributed by atoms with Gasteiger partial charge in [-0.05, 0) is 36.1 Å². The molecule has 0 saturated carbocycles. The zero-order valence-electron chi connectivity index (χ0n) is 16.1. The van der Waals surface area contributed by atoms with Crippen molar-refractivity contribution in [3.8, 4) is 0 Å². The number of hydrogen-bond donors (Lipinski definition) is 1. The summed E-state index contributed by atoms with van der Waals surface area (Å²) in [5.41, 5.74) is 1.86. The van der Waals surface area contributed by atoms with E-state index in [0.717, 1.165) is 11.1 Å². The lowest BCUT2D eigenvalue weighted by Gasteiger charge is -2.29. The van der Waals surface area contributed by atoms with Crippen LogP contribution in [0.5, 0.6) is 0 Å². The summed E-state index contributed by atoms with van der Waals surface area (Å²) in [6, 6.07) is 16.4. The number of carbonyl (C=O) groups excluding carboxylic acids is 2. The number of benzene rings is 2. The maximum atomic E-state index is 13.0. The fraction of sp³-hybridized carbons (Fsp3) is 0.364. The standard InChI is InChI=1S/C22H27ClN2O2/c1-16(2)14-24-22(27)17(3)25(15-19-9-11-20(23)12-10-19)21(26)13-18-7-5-4-6-8-18/h4-12,16-17H,13-15H2,1-3H3,(H,24,27)/t17-/m0/s1. The molecule has 2 rings (SSSR count). The van der Waals surface area contributed by atoms with Crippen LogP contribution in [0.2, 0.25) is 5.02 Å². The average Bonchev–Trinajstić information content (AvgIpc) is 2.65. The van der Waals surface area contributed by atoms with E-state index in [4.69, 9.17) is 11.6 Å². The van der Waals surface area contributed by atoms with Crippen molar-refractivity contribution < 1.29 is 9.59 Å². The highest BCUT2D eigenvalue weighted by molar-refractivity contribution is 6.30. The van der Waals surface area contributed by atoms with Crippen molar-refractivity contribution in [3.05, 3.63) is 70.7 Å². The van der Waals surface area contributed by atoms with E-state index in [2.05, 4.69) is 5.32 Å². The Balaban J connectivity index is 2.17. The van der Waals surface area contributed by atoms with E-state index in [-0.39, 0.29) is 18.2 Å². The van der Waals surface area contributed by atoms with E-state index in [9.17, 15) is 9.59 Å². The van der Waals surface area contributed by atoms with Crippen LogP contribution in [-0.4, -0.2) is 29.3 Å². The first-order valence-electron chi connectivity index (χ1n) is 9.22. The van der Waals surface area contributed by atoms with Gasteiger partial charge in [0.2, 0.25) is 11.8 Å². The van der Waals surface area contributed by atoms with Crippen molar-refractivity contribution in [1.82, 2.24) is 10.2 Å². The predicted octanol–water partition coefficient (Wildman–Crippen LogP) is 4.07. The van der Waals surface area contributed by atoms with Gasteiger partial charge < -0.3 is 10.2 Å². The number of carbonyl (C=O) groups is 2. The molecule has 0 aliphatic carbocycles. The second-order valence-electron chi connectivity index (χ2n) is 7.13. The Morgan fingerprint density at radius 3 is 2.19 bits per heavy atom. The van der Waals surface area contributed by atoms with Crippen LogP contribution in [0.15, 0.2) is 54.6 Å². The second kappa shape index (κ2) is 10.1. The van der Waals surface area contributed by atoms with Crippen molar-refractivity contribution in [1.29, 1.82) is 0 Å². The van der Waals surface area contributed by atoms with Gasteiger partial charge in [-0.1, -0.05) is 67.9 Å². The summed E-state index contributed by atoms with van der Waals surface area (Å²) in [6.45, 7) is 6.80. The average molecular weight is 387 g/mol. The molecule has 0 heterocycles. The van der Waals surface area contributed by atoms with Gasteiger partial charge in [-0.25, -0.2) is 0 Å². The van der Waals surface area contributed by atoms with E-state index < -0.39 is 6.04 Å². The molecule has 1 atom stereocenters. The highest BCUT2D eigenvalue weighted by Gasteiger charge is 2.26. The number of hydrogen-bond acceptors (Lipinski definition) is 2. The first-order valence-corrected chi connectivity index (χ1v) is 9.60. The molecule has 0 aliphatic heterocycles. The molecule has 0 aromatic heterocycles. The van der Waals surface area contributed by atoms with Crippen LogP contribution in [0.1, 0.15) is 31.9 Å². The molecule has 0 aliphatic rings. The monoisotopic (exact) mass is 386 g/mol. The molecule has 0 radical (unpaired) electrons. The lowest BCUT2D eigenvalue weighted by Crippen LogP contribution is -2.48. The third-order valence-electron chi connectivity index (χ3n) is 4.32. The molecular formula is C22H27ClN2O2. The van der Waals surface area contributed by atoms with Crippen LogP contribution in [0.3, 0.4) is 0 Å². The van der Waals surface area contributed by atoms with E-state index in [1.54, 1.807) is 24.0 Å². The Morgan fingerprint density at radius 2 is 1.59 bits per heavy atom. The van der Waals surface area contributed by atoms with Gasteiger partial charge in [0.1, 0.15) is 6.04 Å². The highest BCUT2D eigenvalue weighted by Crippen LogP contribution is 2.15. The minimum Gasteiger partial charge on any atom is -0.354 e. The number of halogens is 1. The Bertz CT molecular complexity index is 745. The molecule has 0 fully saturated rings. The third-order valence-corrected chi connectivity index (χ3v) is 4.57. The maximum absolute atomic E-state index is 13.0. The van der Waals surface area contributed by atoms with Crippen LogP contribution in [0.25, 0.3) is 0 Å². The zero-order valence-corrected chi connectivity index (χ0v) is 16.9. The quantitative estimate of drug-likeness (QED) is 0.743. The minimum absolute atomic E-state index is 0.0802. The van der Waals surface area contributed by atoms with Gasteiger partial charge in [0.15, 0.2) is 0 Å². The first kappa shape index (κ1) is 21.0. The van der Waals surface area contributed by atoms with Gasteiger partial charge >= 0.3 is 0 Å². The van der Waals surface area contributed by atoms with Gasteiger partial charge in [-0.15, -0.1) is 0 Å². The Labute approximate surface area is 166 Å². The summed E-state index contributed by atoms with van der Waals surface area (Å²) in [7, 11) is 0. The van der Waals surface area contributed by atoms with Crippen LogP contribution < -0.4 is 5.32 Å². The lowest BCUT2D eigenvalue weighted by atomic mass is 10.1. The van der Waals surface area contributed by atoms with Crippen LogP contribution in [-0.2, 0) is 22.6 Å². The van der Waals surface area contributed by atoms with Gasteiger partial charge in [0.25, 0.3) is 0 Å². The highest BCUT2D eigenvalue weighted by atomic mass is 35.5. The Hall–Kier alpha value is -2.33. The molecule has 2 amide bonds. The van der Waals surface area contributed by atoms with Crippen molar-refractivity contribution in [2.24, 2.45) is 5.92 Å². The topological polar surface area (TPSA) is 49.4 Å². The van der Waals surface area contributed by atoms with Gasteiger partial charge in [-0.2, -0.15) is 0 Å². The summed E-state index contributed by atoms with van der Waals surface area (Å²) in [5.74, 6) is 0.133. The molecule has 2 aromatic rings. The maximum Gasteiger partial charge on any atom is 0.242 e. The molecule has 4 nitrogen and oxygen atoms in total. The van der Waals surface area contributed by atoms with Crippen LogP contribution in [0.4, 0.5) is 0 Å². The first-order chi connectivity index (χ1) is 12.9. The summed E-state index contributed by atoms with van der Waals surface area (Å²) in [5, 5.41) is 3.56. The molecule has 0 spiro atoms. The van der Waals surface area contributed by atoms with Crippen LogP contribution >= 0.6 is 11.6 Å². The van der Waals surface area contributed by atoms with E-state index in [1.165, 1.54) is 0 Å². The molecule has 144 valence electrons. The van der Waals surface area contributed by atoms with Gasteiger partial charge in [0.05, 0.1) is 6.42 Å².